The molecule has 1 saturated carbocycles. The molecule has 0 unspecified atom stereocenters. The maximum absolute atomic E-state index is 12.1. The highest BCUT2D eigenvalue weighted by molar-refractivity contribution is 5.77. The Morgan fingerprint density at radius 3 is 2.35 bits per heavy atom. The number of hydrogen-bond donors (Lipinski definition) is 1. The predicted octanol–water partition coefficient (Wildman–Crippen LogP) is 4.40. The second kappa shape index (κ2) is 7.37. The van der Waals surface area contributed by atoms with Crippen molar-refractivity contribution in [3.05, 3.63) is 29.3 Å². The molecule has 0 aromatic heterocycles. The normalized spacial score (nSPS) is 21.8. The fraction of sp³-hybridized carbons (Fsp3) is 0.650. The zero-order valence-corrected chi connectivity index (χ0v) is 15.2. The van der Waals surface area contributed by atoms with Gasteiger partial charge in [-0.15, -0.1) is 0 Å². The van der Waals surface area contributed by atoms with Crippen molar-refractivity contribution in [2.45, 2.75) is 66.3 Å². The Balaban J connectivity index is 1.74. The highest BCUT2D eigenvalue weighted by atomic mass is 16.5. The van der Waals surface area contributed by atoms with Crippen molar-refractivity contribution in [3.63, 3.8) is 0 Å². The largest absolute Gasteiger partial charge is 0.484 e. The molecule has 1 amide bonds. The SMILES string of the molecule is Cc1ccc(OCC(=O)NC2CCC(C(C)(C)C)CC2)cc1C. The van der Waals surface area contributed by atoms with E-state index in [2.05, 4.69) is 39.9 Å². The number of hydrogen-bond acceptors (Lipinski definition) is 2. The van der Waals surface area contributed by atoms with E-state index in [1.165, 1.54) is 24.0 Å². The van der Waals surface area contributed by atoms with Crippen LogP contribution in [0.3, 0.4) is 0 Å². The fourth-order valence-electron chi connectivity index (χ4n) is 3.33. The Morgan fingerprint density at radius 1 is 1.13 bits per heavy atom. The van der Waals surface area contributed by atoms with Crippen LogP contribution in [0.1, 0.15) is 57.6 Å². The van der Waals surface area contributed by atoms with E-state index in [1.807, 2.05) is 18.2 Å². The summed E-state index contributed by atoms with van der Waals surface area (Å²) >= 11 is 0. The Morgan fingerprint density at radius 2 is 1.78 bits per heavy atom. The third-order valence-electron chi connectivity index (χ3n) is 5.17. The van der Waals surface area contributed by atoms with Gasteiger partial charge in [-0.3, -0.25) is 4.79 Å². The molecule has 3 nitrogen and oxygen atoms in total. The first-order valence-electron chi connectivity index (χ1n) is 8.75. The highest BCUT2D eigenvalue weighted by Gasteiger charge is 2.30. The van der Waals surface area contributed by atoms with Gasteiger partial charge in [0, 0.05) is 6.04 Å². The van der Waals surface area contributed by atoms with Gasteiger partial charge in [0.2, 0.25) is 0 Å². The Labute approximate surface area is 140 Å². The molecule has 1 aliphatic rings. The van der Waals surface area contributed by atoms with Crippen LogP contribution in [0.5, 0.6) is 5.75 Å². The van der Waals surface area contributed by atoms with Crippen LogP contribution in [0, 0.1) is 25.2 Å². The number of rotatable bonds is 4. The third kappa shape index (κ3) is 5.26. The van der Waals surface area contributed by atoms with Gasteiger partial charge in [-0.05, 0) is 74.1 Å². The summed E-state index contributed by atoms with van der Waals surface area (Å²) in [5.41, 5.74) is 2.79. The molecule has 0 heterocycles. The minimum absolute atomic E-state index is 0.0116. The first kappa shape index (κ1) is 17.8. The van der Waals surface area contributed by atoms with Crippen molar-refractivity contribution in [1.82, 2.24) is 5.32 Å². The number of ether oxygens (including phenoxy) is 1. The van der Waals surface area contributed by atoms with E-state index >= 15 is 0 Å². The molecular weight excluding hydrogens is 286 g/mol. The molecule has 128 valence electrons. The van der Waals surface area contributed by atoms with Crippen molar-refractivity contribution >= 4 is 5.91 Å². The molecule has 1 aromatic carbocycles. The summed E-state index contributed by atoms with van der Waals surface area (Å²) in [7, 11) is 0. The van der Waals surface area contributed by atoms with Crippen molar-refractivity contribution in [2.75, 3.05) is 6.61 Å². The number of benzene rings is 1. The van der Waals surface area contributed by atoms with E-state index in [-0.39, 0.29) is 12.5 Å². The van der Waals surface area contributed by atoms with E-state index in [1.54, 1.807) is 0 Å². The van der Waals surface area contributed by atoms with Crippen LogP contribution in [0.15, 0.2) is 18.2 Å². The minimum Gasteiger partial charge on any atom is -0.484 e. The van der Waals surface area contributed by atoms with Crippen LogP contribution in [0.4, 0.5) is 0 Å². The van der Waals surface area contributed by atoms with E-state index in [4.69, 9.17) is 4.74 Å². The monoisotopic (exact) mass is 317 g/mol. The second-order valence-corrected chi connectivity index (χ2v) is 8.02. The van der Waals surface area contributed by atoms with E-state index in [0.717, 1.165) is 24.5 Å². The maximum atomic E-state index is 12.1. The van der Waals surface area contributed by atoms with Gasteiger partial charge in [-0.25, -0.2) is 0 Å². The summed E-state index contributed by atoms with van der Waals surface area (Å²) in [5.74, 6) is 1.52. The first-order valence-corrected chi connectivity index (χ1v) is 8.75. The summed E-state index contributed by atoms with van der Waals surface area (Å²) in [4.78, 5) is 12.1. The Kier molecular flexibility index (Phi) is 5.72. The van der Waals surface area contributed by atoms with Gasteiger partial charge in [0.1, 0.15) is 5.75 Å². The predicted molar refractivity (Wildman–Crippen MR) is 94.8 cm³/mol. The lowest BCUT2D eigenvalue weighted by molar-refractivity contribution is -0.124. The smallest absolute Gasteiger partial charge is 0.258 e. The van der Waals surface area contributed by atoms with Gasteiger partial charge >= 0.3 is 0 Å². The standard InChI is InChI=1S/C20H31NO2/c1-14-6-11-18(12-15(14)2)23-13-19(22)21-17-9-7-16(8-10-17)20(3,4)5/h6,11-12,16-17H,7-10,13H2,1-5H3,(H,21,22). The first-order chi connectivity index (χ1) is 10.8. The molecule has 0 aliphatic heterocycles. The van der Waals surface area contributed by atoms with E-state index in [0.29, 0.717) is 11.5 Å². The van der Waals surface area contributed by atoms with Crippen LogP contribution in [-0.4, -0.2) is 18.6 Å². The number of carbonyl (C=O) groups is 1. The summed E-state index contributed by atoms with van der Waals surface area (Å²) in [5, 5.41) is 3.12. The summed E-state index contributed by atoms with van der Waals surface area (Å²) < 4.78 is 5.61. The molecule has 0 atom stereocenters. The number of nitrogens with one attached hydrogen (secondary N) is 1. The third-order valence-corrected chi connectivity index (χ3v) is 5.17. The fourth-order valence-corrected chi connectivity index (χ4v) is 3.33. The number of aryl methyl sites for hydroxylation is 2. The van der Waals surface area contributed by atoms with Gasteiger partial charge in [0.05, 0.1) is 0 Å². The molecule has 0 spiro atoms. The molecule has 1 aromatic rings. The lowest BCUT2D eigenvalue weighted by atomic mass is 9.71. The molecule has 1 N–H and O–H groups in total. The molecule has 0 bridgehead atoms. The van der Waals surface area contributed by atoms with Gasteiger partial charge in [-0.2, -0.15) is 0 Å². The van der Waals surface area contributed by atoms with Gasteiger partial charge < -0.3 is 10.1 Å². The second-order valence-electron chi connectivity index (χ2n) is 8.02. The Hall–Kier alpha value is -1.51. The van der Waals surface area contributed by atoms with Crippen molar-refractivity contribution in [3.8, 4) is 5.75 Å². The van der Waals surface area contributed by atoms with Crippen LogP contribution >= 0.6 is 0 Å². The zero-order chi connectivity index (χ0) is 17.0. The molecule has 0 saturated heterocycles. The van der Waals surface area contributed by atoms with Crippen molar-refractivity contribution in [1.29, 1.82) is 0 Å². The van der Waals surface area contributed by atoms with Gasteiger partial charge in [-0.1, -0.05) is 26.8 Å². The lowest BCUT2D eigenvalue weighted by Gasteiger charge is -2.37. The van der Waals surface area contributed by atoms with Gasteiger partial charge in [0.25, 0.3) is 5.91 Å². The van der Waals surface area contributed by atoms with Crippen molar-refractivity contribution < 1.29 is 9.53 Å². The molecule has 1 fully saturated rings. The van der Waals surface area contributed by atoms with Crippen LogP contribution in [0.25, 0.3) is 0 Å². The molecular formula is C20H31NO2. The summed E-state index contributed by atoms with van der Waals surface area (Å²) in [6.45, 7) is 11.2. The molecule has 0 radical (unpaired) electrons. The van der Waals surface area contributed by atoms with Crippen LogP contribution in [-0.2, 0) is 4.79 Å². The molecule has 23 heavy (non-hydrogen) atoms. The topological polar surface area (TPSA) is 38.3 Å². The Bertz CT molecular complexity index is 537. The lowest BCUT2D eigenvalue weighted by Crippen LogP contribution is -2.41. The molecule has 1 aliphatic carbocycles. The highest BCUT2D eigenvalue weighted by Crippen LogP contribution is 2.37. The minimum atomic E-state index is -0.0116. The van der Waals surface area contributed by atoms with Crippen molar-refractivity contribution in [2.24, 2.45) is 11.3 Å². The van der Waals surface area contributed by atoms with Gasteiger partial charge in [0.15, 0.2) is 6.61 Å². The van der Waals surface area contributed by atoms with Crippen LogP contribution < -0.4 is 10.1 Å². The zero-order valence-electron chi connectivity index (χ0n) is 15.2. The molecule has 2 rings (SSSR count). The van der Waals surface area contributed by atoms with E-state index < -0.39 is 0 Å². The summed E-state index contributed by atoms with van der Waals surface area (Å²) in [6.07, 6.45) is 4.56. The summed E-state index contributed by atoms with van der Waals surface area (Å²) in [6, 6.07) is 6.24. The maximum Gasteiger partial charge on any atom is 0.258 e. The number of carbonyl (C=O) groups excluding carboxylic acids is 1. The quantitative estimate of drug-likeness (QED) is 0.893. The van der Waals surface area contributed by atoms with Crippen LogP contribution in [0.2, 0.25) is 0 Å². The average molecular weight is 317 g/mol. The molecule has 3 heteroatoms. The van der Waals surface area contributed by atoms with E-state index in [9.17, 15) is 4.79 Å². The average Bonchev–Trinajstić information content (AvgIpc) is 2.48. The number of amides is 1.